The molecule has 0 bridgehead atoms. The summed E-state index contributed by atoms with van der Waals surface area (Å²) in [5, 5.41) is 12.9. The van der Waals surface area contributed by atoms with Gasteiger partial charge in [0.2, 0.25) is 5.91 Å². The molecule has 134 valence electrons. The number of nitrogens with zero attached hydrogens (tertiary/aromatic N) is 1. The summed E-state index contributed by atoms with van der Waals surface area (Å²) in [4.78, 5) is 26.1. The first-order valence-electron chi connectivity index (χ1n) is 8.26. The van der Waals surface area contributed by atoms with Gasteiger partial charge in [0.1, 0.15) is 6.26 Å². The van der Waals surface area contributed by atoms with Crippen LogP contribution in [0.25, 0.3) is 0 Å². The number of rotatable bonds is 8. The SMILES string of the molecule is CC[C@@](C)(O)CN(Cc1ccccc1)C(=O)CNC(=O)c1ccoc1. The number of carbonyl (C=O) groups is 2. The maximum atomic E-state index is 12.6. The number of hydrogen-bond donors (Lipinski definition) is 2. The van der Waals surface area contributed by atoms with E-state index in [4.69, 9.17) is 4.42 Å². The lowest BCUT2D eigenvalue weighted by atomic mass is 10.0. The van der Waals surface area contributed by atoms with Crippen LogP contribution in [-0.4, -0.2) is 40.5 Å². The van der Waals surface area contributed by atoms with Crippen molar-refractivity contribution in [3.05, 3.63) is 60.1 Å². The first-order chi connectivity index (χ1) is 11.9. The van der Waals surface area contributed by atoms with Gasteiger partial charge in [0.15, 0.2) is 0 Å². The van der Waals surface area contributed by atoms with Crippen LogP contribution in [0.3, 0.4) is 0 Å². The van der Waals surface area contributed by atoms with E-state index in [1.165, 1.54) is 18.6 Å². The standard InChI is InChI=1S/C19H24N2O4/c1-3-19(2,24)14-21(12-15-7-5-4-6-8-15)17(22)11-20-18(23)16-9-10-25-13-16/h4-10,13,24H,3,11-12,14H2,1-2H3,(H,20,23)/t19-/m1/s1. The van der Waals surface area contributed by atoms with Crippen LogP contribution < -0.4 is 5.32 Å². The fraction of sp³-hybridized carbons (Fsp3) is 0.368. The predicted molar refractivity (Wildman–Crippen MR) is 93.8 cm³/mol. The van der Waals surface area contributed by atoms with Gasteiger partial charge < -0.3 is 19.7 Å². The van der Waals surface area contributed by atoms with Crippen LogP contribution in [-0.2, 0) is 11.3 Å². The van der Waals surface area contributed by atoms with Crippen LogP contribution in [0.4, 0.5) is 0 Å². The van der Waals surface area contributed by atoms with Gasteiger partial charge in [-0.15, -0.1) is 0 Å². The summed E-state index contributed by atoms with van der Waals surface area (Å²) in [5.41, 5.74) is 0.339. The van der Waals surface area contributed by atoms with E-state index in [-0.39, 0.29) is 24.9 Å². The monoisotopic (exact) mass is 344 g/mol. The zero-order valence-electron chi connectivity index (χ0n) is 14.6. The molecular formula is C19H24N2O4. The normalized spacial score (nSPS) is 13.1. The Hall–Kier alpha value is -2.60. The second-order valence-electron chi connectivity index (χ2n) is 6.28. The Morgan fingerprint density at radius 3 is 2.56 bits per heavy atom. The summed E-state index contributed by atoms with van der Waals surface area (Å²) < 4.78 is 4.86. The van der Waals surface area contributed by atoms with Crippen molar-refractivity contribution in [2.24, 2.45) is 0 Å². The van der Waals surface area contributed by atoms with E-state index < -0.39 is 5.60 Å². The number of hydrogen-bond acceptors (Lipinski definition) is 4. The lowest BCUT2D eigenvalue weighted by molar-refractivity contribution is -0.134. The minimum atomic E-state index is -0.987. The maximum absolute atomic E-state index is 12.6. The predicted octanol–water partition coefficient (Wildman–Crippen LogP) is 2.20. The maximum Gasteiger partial charge on any atom is 0.254 e. The van der Waals surface area contributed by atoms with Crippen molar-refractivity contribution in [3.8, 4) is 0 Å². The zero-order valence-corrected chi connectivity index (χ0v) is 14.6. The third-order valence-electron chi connectivity index (χ3n) is 4.05. The quantitative estimate of drug-likeness (QED) is 0.769. The van der Waals surface area contributed by atoms with Crippen molar-refractivity contribution >= 4 is 11.8 Å². The molecule has 0 spiro atoms. The lowest BCUT2D eigenvalue weighted by Gasteiger charge is -2.31. The van der Waals surface area contributed by atoms with E-state index in [9.17, 15) is 14.7 Å². The van der Waals surface area contributed by atoms with Crippen LogP contribution in [0.1, 0.15) is 36.2 Å². The highest BCUT2D eigenvalue weighted by atomic mass is 16.3. The van der Waals surface area contributed by atoms with Gasteiger partial charge in [-0.2, -0.15) is 0 Å². The first-order valence-corrected chi connectivity index (χ1v) is 8.26. The summed E-state index contributed by atoms with van der Waals surface area (Å²) >= 11 is 0. The molecule has 6 nitrogen and oxygen atoms in total. The highest BCUT2D eigenvalue weighted by molar-refractivity contribution is 5.96. The molecule has 2 N–H and O–H groups in total. The zero-order chi connectivity index (χ0) is 18.3. The van der Waals surface area contributed by atoms with Crippen LogP contribution >= 0.6 is 0 Å². The van der Waals surface area contributed by atoms with E-state index in [1.807, 2.05) is 37.3 Å². The molecule has 2 aromatic rings. The van der Waals surface area contributed by atoms with Gasteiger partial charge in [-0.05, 0) is 25.0 Å². The molecule has 1 atom stereocenters. The number of nitrogens with one attached hydrogen (secondary N) is 1. The van der Waals surface area contributed by atoms with Gasteiger partial charge in [-0.3, -0.25) is 9.59 Å². The molecule has 0 unspecified atom stereocenters. The summed E-state index contributed by atoms with van der Waals surface area (Å²) in [6.45, 7) is 3.99. The Labute approximate surface area is 147 Å². The second kappa shape index (κ2) is 8.48. The Balaban J connectivity index is 2.02. The molecule has 0 radical (unpaired) electrons. The van der Waals surface area contributed by atoms with E-state index in [0.717, 1.165) is 5.56 Å². The molecule has 2 rings (SSSR count). The summed E-state index contributed by atoms with van der Waals surface area (Å²) in [6, 6.07) is 11.1. The van der Waals surface area contributed by atoms with Gasteiger partial charge in [-0.25, -0.2) is 0 Å². The van der Waals surface area contributed by atoms with Gasteiger partial charge in [0, 0.05) is 13.1 Å². The average Bonchev–Trinajstić information content (AvgIpc) is 3.14. The molecule has 1 heterocycles. The molecule has 1 aromatic heterocycles. The summed E-state index contributed by atoms with van der Waals surface area (Å²) in [6.07, 6.45) is 3.24. The molecule has 0 saturated heterocycles. The number of carbonyl (C=O) groups excluding carboxylic acids is 2. The van der Waals surface area contributed by atoms with Crippen LogP contribution in [0, 0.1) is 0 Å². The molecule has 1 aromatic carbocycles. The summed E-state index contributed by atoms with van der Waals surface area (Å²) in [5.74, 6) is -0.626. The van der Waals surface area contributed by atoms with Crippen molar-refractivity contribution in [2.75, 3.05) is 13.1 Å². The molecule has 6 heteroatoms. The smallest absolute Gasteiger partial charge is 0.254 e. The fourth-order valence-electron chi connectivity index (χ4n) is 2.32. The Bertz CT molecular complexity index is 681. The fourth-order valence-corrected chi connectivity index (χ4v) is 2.32. The van der Waals surface area contributed by atoms with Gasteiger partial charge in [0.25, 0.3) is 5.91 Å². The van der Waals surface area contributed by atoms with Crippen LogP contribution in [0.15, 0.2) is 53.3 Å². The number of aliphatic hydroxyl groups is 1. The first kappa shape index (κ1) is 18.7. The second-order valence-corrected chi connectivity index (χ2v) is 6.28. The molecule has 0 saturated carbocycles. The van der Waals surface area contributed by atoms with Gasteiger partial charge in [0.05, 0.1) is 24.0 Å². The highest BCUT2D eigenvalue weighted by Crippen LogP contribution is 2.14. The number of benzene rings is 1. The molecule has 25 heavy (non-hydrogen) atoms. The lowest BCUT2D eigenvalue weighted by Crippen LogP contribution is -2.46. The topological polar surface area (TPSA) is 82.8 Å². The van der Waals surface area contributed by atoms with E-state index in [0.29, 0.717) is 18.5 Å². The molecule has 0 fully saturated rings. The van der Waals surface area contributed by atoms with Crippen molar-refractivity contribution in [1.29, 1.82) is 0 Å². The van der Waals surface area contributed by atoms with Crippen molar-refractivity contribution in [2.45, 2.75) is 32.4 Å². The molecular weight excluding hydrogens is 320 g/mol. The number of furan rings is 1. The van der Waals surface area contributed by atoms with E-state index in [1.54, 1.807) is 11.8 Å². The molecule has 0 aliphatic heterocycles. The van der Waals surface area contributed by atoms with E-state index in [2.05, 4.69) is 5.32 Å². The van der Waals surface area contributed by atoms with Crippen LogP contribution in [0.5, 0.6) is 0 Å². The molecule has 2 amide bonds. The minimum absolute atomic E-state index is 0.142. The van der Waals surface area contributed by atoms with E-state index >= 15 is 0 Å². The Morgan fingerprint density at radius 2 is 1.96 bits per heavy atom. The third kappa shape index (κ3) is 5.76. The van der Waals surface area contributed by atoms with Gasteiger partial charge >= 0.3 is 0 Å². The Morgan fingerprint density at radius 1 is 1.24 bits per heavy atom. The largest absolute Gasteiger partial charge is 0.472 e. The van der Waals surface area contributed by atoms with Crippen molar-refractivity contribution in [3.63, 3.8) is 0 Å². The summed E-state index contributed by atoms with van der Waals surface area (Å²) in [7, 11) is 0. The minimum Gasteiger partial charge on any atom is -0.472 e. The van der Waals surface area contributed by atoms with Crippen molar-refractivity contribution < 1.29 is 19.1 Å². The van der Waals surface area contributed by atoms with Crippen LogP contribution in [0.2, 0.25) is 0 Å². The Kier molecular flexibility index (Phi) is 6.36. The molecule has 0 aliphatic carbocycles. The third-order valence-corrected chi connectivity index (χ3v) is 4.05. The average molecular weight is 344 g/mol. The highest BCUT2D eigenvalue weighted by Gasteiger charge is 2.25. The number of amides is 2. The van der Waals surface area contributed by atoms with Crippen molar-refractivity contribution in [1.82, 2.24) is 10.2 Å². The molecule has 0 aliphatic rings. The van der Waals surface area contributed by atoms with Gasteiger partial charge in [-0.1, -0.05) is 37.3 Å².